The molecule has 0 bridgehead atoms. The number of carbonyl (C=O) groups excluding carboxylic acids is 2. The smallest absolute Gasteiger partial charge is 0.264 e. The van der Waals surface area contributed by atoms with Gasteiger partial charge in [-0.15, -0.1) is 11.3 Å². The van der Waals surface area contributed by atoms with Crippen molar-refractivity contribution in [1.29, 1.82) is 0 Å². The van der Waals surface area contributed by atoms with Crippen LogP contribution >= 0.6 is 11.3 Å². The first-order chi connectivity index (χ1) is 11.6. The Morgan fingerprint density at radius 3 is 2.88 bits per heavy atom. The number of hydrogen-bond acceptors (Lipinski definition) is 3. The maximum Gasteiger partial charge on any atom is 0.264 e. The second-order valence-corrected chi connectivity index (χ2v) is 7.61. The molecule has 0 aliphatic heterocycles. The zero-order chi connectivity index (χ0) is 16.7. The molecule has 5 heteroatoms. The molecule has 0 spiro atoms. The molecule has 24 heavy (non-hydrogen) atoms. The zero-order valence-electron chi connectivity index (χ0n) is 13.6. The van der Waals surface area contributed by atoms with Gasteiger partial charge >= 0.3 is 0 Å². The molecule has 1 aromatic heterocycles. The highest BCUT2D eigenvalue weighted by molar-refractivity contribution is 7.12. The van der Waals surface area contributed by atoms with Crippen LogP contribution in [0.3, 0.4) is 0 Å². The average Bonchev–Trinajstić information content (AvgIpc) is 3.03. The average molecular weight is 340 g/mol. The third kappa shape index (κ3) is 2.73. The first-order valence-electron chi connectivity index (χ1n) is 8.31. The maximum absolute atomic E-state index is 12.3. The number of rotatable bonds is 4. The van der Waals surface area contributed by atoms with E-state index in [1.807, 2.05) is 11.4 Å². The Kier molecular flexibility index (Phi) is 3.88. The van der Waals surface area contributed by atoms with Crippen molar-refractivity contribution in [3.05, 3.63) is 57.8 Å². The van der Waals surface area contributed by atoms with Crippen molar-refractivity contribution in [2.45, 2.75) is 24.8 Å². The number of likely N-dealkylation sites (N-methyl/N-ethyl adjacent to an activating group) is 1. The Labute approximate surface area is 145 Å². The van der Waals surface area contributed by atoms with Gasteiger partial charge in [-0.2, -0.15) is 0 Å². The lowest BCUT2D eigenvalue weighted by Gasteiger charge is -2.16. The van der Waals surface area contributed by atoms with Crippen LogP contribution in [-0.4, -0.2) is 36.3 Å². The first kappa shape index (κ1) is 15.4. The lowest BCUT2D eigenvalue weighted by Crippen LogP contribution is -2.39. The Hall–Kier alpha value is -2.14. The van der Waals surface area contributed by atoms with E-state index in [4.69, 9.17) is 0 Å². The minimum absolute atomic E-state index is 0.0701. The van der Waals surface area contributed by atoms with Gasteiger partial charge in [0.1, 0.15) is 0 Å². The Balaban J connectivity index is 1.36. The van der Waals surface area contributed by atoms with Gasteiger partial charge in [0.2, 0.25) is 5.91 Å². The quantitative estimate of drug-likeness (QED) is 0.930. The topological polar surface area (TPSA) is 49.4 Å². The van der Waals surface area contributed by atoms with Crippen LogP contribution in [0.4, 0.5) is 0 Å². The van der Waals surface area contributed by atoms with Crippen LogP contribution < -0.4 is 5.32 Å². The fourth-order valence-electron chi connectivity index (χ4n) is 3.87. The first-order valence-corrected chi connectivity index (χ1v) is 9.19. The third-order valence-electron chi connectivity index (χ3n) is 5.12. The molecule has 0 radical (unpaired) electrons. The van der Waals surface area contributed by atoms with Crippen LogP contribution in [0.2, 0.25) is 0 Å². The molecule has 4 nitrogen and oxygen atoms in total. The summed E-state index contributed by atoms with van der Waals surface area (Å²) in [5.41, 5.74) is 2.81. The largest absolute Gasteiger partial charge is 0.351 e. The lowest BCUT2D eigenvalue weighted by molar-refractivity contribution is -0.121. The van der Waals surface area contributed by atoms with Gasteiger partial charge in [-0.05, 0) is 41.3 Å². The number of aryl methyl sites for hydroxylation is 1. The lowest BCUT2D eigenvalue weighted by atomic mass is 9.92. The van der Waals surface area contributed by atoms with Crippen molar-refractivity contribution >= 4 is 23.2 Å². The summed E-state index contributed by atoms with van der Waals surface area (Å²) in [6.45, 7) is 0.105. The second-order valence-electron chi connectivity index (χ2n) is 6.66. The van der Waals surface area contributed by atoms with E-state index in [0.717, 1.165) is 12.8 Å². The van der Waals surface area contributed by atoms with E-state index < -0.39 is 0 Å². The molecule has 0 saturated heterocycles. The van der Waals surface area contributed by atoms with E-state index in [2.05, 4.69) is 29.6 Å². The van der Waals surface area contributed by atoms with Crippen molar-refractivity contribution in [3.8, 4) is 0 Å². The van der Waals surface area contributed by atoms with Gasteiger partial charge in [0, 0.05) is 19.0 Å². The van der Waals surface area contributed by atoms with Gasteiger partial charge < -0.3 is 10.2 Å². The summed E-state index contributed by atoms with van der Waals surface area (Å²) >= 11 is 1.40. The number of carbonyl (C=O) groups is 2. The summed E-state index contributed by atoms with van der Waals surface area (Å²) in [4.78, 5) is 26.7. The monoisotopic (exact) mass is 340 g/mol. The summed E-state index contributed by atoms with van der Waals surface area (Å²) in [7, 11) is 1.68. The van der Waals surface area contributed by atoms with Crippen molar-refractivity contribution in [2.75, 3.05) is 13.6 Å². The van der Waals surface area contributed by atoms with Gasteiger partial charge in [0.05, 0.1) is 11.4 Å². The van der Waals surface area contributed by atoms with Crippen LogP contribution in [0.1, 0.15) is 33.1 Å². The van der Waals surface area contributed by atoms with Crippen molar-refractivity contribution in [1.82, 2.24) is 10.2 Å². The van der Waals surface area contributed by atoms with Crippen molar-refractivity contribution in [3.63, 3.8) is 0 Å². The van der Waals surface area contributed by atoms with E-state index in [1.165, 1.54) is 27.4 Å². The fourth-order valence-corrected chi connectivity index (χ4v) is 4.59. The van der Waals surface area contributed by atoms with Crippen molar-refractivity contribution < 1.29 is 9.59 Å². The molecular weight excluding hydrogens is 320 g/mol. The number of nitrogens with zero attached hydrogens (tertiary/aromatic N) is 1. The fraction of sp³-hybridized carbons (Fsp3) is 0.368. The predicted molar refractivity (Wildman–Crippen MR) is 94.2 cm³/mol. The Morgan fingerprint density at radius 1 is 1.25 bits per heavy atom. The molecule has 2 amide bonds. The van der Waals surface area contributed by atoms with Gasteiger partial charge in [-0.25, -0.2) is 0 Å². The predicted octanol–water partition coefficient (Wildman–Crippen LogP) is 2.66. The van der Waals surface area contributed by atoms with Crippen LogP contribution in [0.25, 0.3) is 0 Å². The van der Waals surface area contributed by atoms with E-state index in [-0.39, 0.29) is 24.4 Å². The molecule has 2 aliphatic rings. The Bertz CT molecular complexity index is 771. The van der Waals surface area contributed by atoms with Crippen LogP contribution in [0.15, 0.2) is 41.8 Å². The third-order valence-corrected chi connectivity index (χ3v) is 5.97. The standard InChI is InChI=1S/C19H20N2O2S/c1-21(19(23)15-7-4-10-24-15)11-16(22)20-18-14-9-8-12-5-2-3-6-13(12)17(14)18/h2-7,10,14,17-18H,8-9,11H2,1H3,(H,20,22)/t14-,17+,18-/m1/s1. The molecule has 2 aliphatic carbocycles. The molecule has 1 N–H and O–H groups in total. The summed E-state index contributed by atoms with van der Waals surface area (Å²) in [5.74, 6) is 0.845. The van der Waals surface area contributed by atoms with Crippen LogP contribution in [-0.2, 0) is 11.2 Å². The highest BCUT2D eigenvalue weighted by Gasteiger charge is 2.53. The highest BCUT2D eigenvalue weighted by atomic mass is 32.1. The number of hydrogen-bond donors (Lipinski definition) is 1. The van der Waals surface area contributed by atoms with E-state index in [0.29, 0.717) is 16.7 Å². The molecule has 1 aromatic carbocycles. The summed E-state index contributed by atoms with van der Waals surface area (Å²) in [5, 5.41) is 5.01. The summed E-state index contributed by atoms with van der Waals surface area (Å²) < 4.78 is 0. The minimum Gasteiger partial charge on any atom is -0.351 e. The summed E-state index contributed by atoms with van der Waals surface area (Å²) in [6.07, 6.45) is 2.23. The molecular formula is C19H20N2O2S. The SMILES string of the molecule is CN(CC(=O)N[C@@H]1[C@@H]2CCc3ccccc3[C@@H]21)C(=O)c1cccs1. The normalized spacial score (nSPS) is 23.8. The van der Waals surface area contributed by atoms with Crippen molar-refractivity contribution in [2.24, 2.45) is 5.92 Å². The van der Waals surface area contributed by atoms with E-state index >= 15 is 0 Å². The number of nitrogens with one attached hydrogen (secondary N) is 1. The molecule has 0 unspecified atom stereocenters. The highest BCUT2D eigenvalue weighted by Crippen LogP contribution is 2.54. The van der Waals surface area contributed by atoms with Crippen LogP contribution in [0, 0.1) is 5.92 Å². The van der Waals surface area contributed by atoms with E-state index in [9.17, 15) is 9.59 Å². The van der Waals surface area contributed by atoms with Gasteiger partial charge in [0.15, 0.2) is 0 Å². The molecule has 2 aromatic rings. The van der Waals surface area contributed by atoms with Gasteiger partial charge in [-0.3, -0.25) is 9.59 Å². The van der Waals surface area contributed by atoms with E-state index in [1.54, 1.807) is 13.1 Å². The maximum atomic E-state index is 12.3. The number of fused-ring (bicyclic) bond motifs is 3. The summed E-state index contributed by atoms with van der Waals surface area (Å²) in [6, 6.07) is 12.4. The molecule has 3 atom stereocenters. The minimum atomic E-state index is -0.0984. The Morgan fingerprint density at radius 2 is 2.08 bits per heavy atom. The second kappa shape index (κ2) is 6.06. The molecule has 1 saturated carbocycles. The number of benzene rings is 1. The van der Waals surface area contributed by atoms with Gasteiger partial charge in [-0.1, -0.05) is 30.3 Å². The van der Waals surface area contributed by atoms with Crippen LogP contribution in [0.5, 0.6) is 0 Å². The number of amides is 2. The zero-order valence-corrected chi connectivity index (χ0v) is 14.4. The molecule has 4 rings (SSSR count). The molecule has 1 fully saturated rings. The number of thiophene rings is 1. The van der Waals surface area contributed by atoms with Gasteiger partial charge in [0.25, 0.3) is 5.91 Å². The molecule has 1 heterocycles. The molecule has 124 valence electrons.